The van der Waals surface area contributed by atoms with E-state index in [1.807, 2.05) is 20.8 Å². The predicted octanol–water partition coefficient (Wildman–Crippen LogP) is 0.690. The van der Waals surface area contributed by atoms with Crippen LogP contribution in [0.5, 0.6) is 0 Å². The molecule has 0 aromatic heterocycles. The lowest BCUT2D eigenvalue weighted by Gasteiger charge is -2.21. The fraction of sp³-hybridized carbons (Fsp3) is 0.833. The maximum Gasteiger partial charge on any atom is 0.242 e. The zero-order chi connectivity index (χ0) is 13.5. The van der Waals surface area contributed by atoms with Crippen LogP contribution in [0, 0.1) is 5.41 Å². The highest BCUT2D eigenvalue weighted by molar-refractivity contribution is 5.89. The third-order valence-corrected chi connectivity index (χ3v) is 2.25. The molecule has 1 unspecified atom stereocenters. The van der Waals surface area contributed by atoms with Crippen LogP contribution < -0.4 is 10.6 Å². The zero-order valence-corrected chi connectivity index (χ0v) is 11.4. The Morgan fingerprint density at radius 1 is 1.29 bits per heavy atom. The lowest BCUT2D eigenvalue weighted by atomic mass is 9.95. The normalized spacial score (nSPS) is 13.0. The minimum Gasteiger partial charge on any atom is -0.385 e. The lowest BCUT2D eigenvalue weighted by Crippen LogP contribution is -2.48. The predicted molar refractivity (Wildman–Crippen MR) is 66.6 cm³/mol. The highest BCUT2D eigenvalue weighted by Gasteiger charge is 2.24. The van der Waals surface area contributed by atoms with Crippen molar-refractivity contribution in [1.29, 1.82) is 0 Å². The second kappa shape index (κ2) is 7.27. The van der Waals surface area contributed by atoms with Gasteiger partial charge in [-0.25, -0.2) is 0 Å². The number of hydrogen-bond acceptors (Lipinski definition) is 3. The van der Waals surface area contributed by atoms with E-state index in [2.05, 4.69) is 10.6 Å². The average molecular weight is 244 g/mol. The highest BCUT2D eigenvalue weighted by atomic mass is 16.5. The largest absolute Gasteiger partial charge is 0.385 e. The smallest absolute Gasteiger partial charge is 0.242 e. The first-order valence-electron chi connectivity index (χ1n) is 5.86. The second-order valence-corrected chi connectivity index (χ2v) is 5.08. The number of methoxy groups -OCH3 is 1. The van der Waals surface area contributed by atoms with Crippen molar-refractivity contribution < 1.29 is 14.3 Å². The van der Waals surface area contributed by atoms with Gasteiger partial charge >= 0.3 is 0 Å². The first-order chi connectivity index (χ1) is 7.79. The molecule has 1 atom stereocenters. The third kappa shape index (κ3) is 6.94. The average Bonchev–Trinajstić information content (AvgIpc) is 2.22. The van der Waals surface area contributed by atoms with Crippen molar-refractivity contribution in [3.63, 3.8) is 0 Å². The van der Waals surface area contributed by atoms with Crippen LogP contribution in [0.4, 0.5) is 0 Å². The molecule has 0 aliphatic carbocycles. The van der Waals surface area contributed by atoms with E-state index in [0.717, 1.165) is 6.42 Å². The maximum atomic E-state index is 11.6. The van der Waals surface area contributed by atoms with Crippen molar-refractivity contribution >= 4 is 11.8 Å². The Hall–Kier alpha value is -1.10. The molecule has 0 bridgehead atoms. The van der Waals surface area contributed by atoms with Gasteiger partial charge in [-0.2, -0.15) is 0 Å². The molecule has 0 rings (SSSR count). The van der Waals surface area contributed by atoms with Gasteiger partial charge in [0.2, 0.25) is 11.8 Å². The van der Waals surface area contributed by atoms with Gasteiger partial charge in [-0.05, 0) is 13.3 Å². The number of carbonyl (C=O) groups is 2. The molecule has 0 radical (unpaired) electrons. The minimum atomic E-state index is -0.510. The molecule has 0 saturated heterocycles. The quantitative estimate of drug-likeness (QED) is 0.676. The van der Waals surface area contributed by atoms with Crippen LogP contribution >= 0.6 is 0 Å². The number of nitrogens with one attached hydrogen (secondary N) is 2. The van der Waals surface area contributed by atoms with E-state index in [-0.39, 0.29) is 11.8 Å². The Morgan fingerprint density at radius 3 is 2.35 bits per heavy atom. The van der Waals surface area contributed by atoms with Crippen molar-refractivity contribution in [2.75, 3.05) is 20.3 Å². The van der Waals surface area contributed by atoms with Gasteiger partial charge in [-0.3, -0.25) is 9.59 Å². The molecule has 0 fully saturated rings. The van der Waals surface area contributed by atoms with Crippen molar-refractivity contribution in [2.24, 2.45) is 5.41 Å². The summed E-state index contributed by atoms with van der Waals surface area (Å²) in [7, 11) is 1.62. The number of amides is 2. The molecule has 0 spiro atoms. The third-order valence-electron chi connectivity index (χ3n) is 2.25. The molecular formula is C12H24N2O3. The highest BCUT2D eigenvalue weighted by Crippen LogP contribution is 2.12. The van der Waals surface area contributed by atoms with Gasteiger partial charge in [0.05, 0.1) is 0 Å². The first kappa shape index (κ1) is 15.9. The molecule has 0 aliphatic heterocycles. The van der Waals surface area contributed by atoms with Gasteiger partial charge in [0.15, 0.2) is 0 Å². The molecule has 17 heavy (non-hydrogen) atoms. The Bertz CT molecular complexity index is 259. The second-order valence-electron chi connectivity index (χ2n) is 5.08. The standard InChI is InChI=1S/C12H24N2O3/c1-9(14-11(16)12(2,3)4)10(15)13-7-6-8-17-5/h9H,6-8H2,1-5H3,(H,13,15)(H,14,16). The van der Waals surface area contributed by atoms with Crippen LogP contribution in [0.15, 0.2) is 0 Å². The van der Waals surface area contributed by atoms with E-state index in [0.29, 0.717) is 13.2 Å². The maximum absolute atomic E-state index is 11.6. The van der Waals surface area contributed by atoms with Crippen LogP contribution in [0.2, 0.25) is 0 Å². The van der Waals surface area contributed by atoms with Crippen LogP contribution in [0.3, 0.4) is 0 Å². The summed E-state index contributed by atoms with van der Waals surface area (Å²) in [5.74, 6) is -0.296. The van der Waals surface area contributed by atoms with Crippen molar-refractivity contribution in [3.05, 3.63) is 0 Å². The van der Waals surface area contributed by atoms with Crippen molar-refractivity contribution in [3.8, 4) is 0 Å². The monoisotopic (exact) mass is 244 g/mol. The van der Waals surface area contributed by atoms with E-state index < -0.39 is 11.5 Å². The summed E-state index contributed by atoms with van der Waals surface area (Å²) in [6.45, 7) is 8.28. The van der Waals surface area contributed by atoms with E-state index >= 15 is 0 Å². The summed E-state index contributed by atoms with van der Waals surface area (Å²) in [5.41, 5.74) is -0.482. The molecule has 0 aromatic rings. The molecule has 100 valence electrons. The number of carbonyl (C=O) groups excluding carboxylic acids is 2. The summed E-state index contributed by atoms with van der Waals surface area (Å²) in [6.07, 6.45) is 0.766. The number of ether oxygens (including phenoxy) is 1. The lowest BCUT2D eigenvalue weighted by molar-refractivity contribution is -0.133. The van der Waals surface area contributed by atoms with E-state index in [9.17, 15) is 9.59 Å². The number of rotatable bonds is 6. The van der Waals surface area contributed by atoms with E-state index in [1.54, 1.807) is 14.0 Å². The molecule has 2 amide bonds. The van der Waals surface area contributed by atoms with Gasteiger partial charge in [-0.1, -0.05) is 20.8 Å². The fourth-order valence-corrected chi connectivity index (χ4v) is 1.06. The fourth-order valence-electron chi connectivity index (χ4n) is 1.06. The van der Waals surface area contributed by atoms with Crippen molar-refractivity contribution in [1.82, 2.24) is 10.6 Å². The number of hydrogen-bond donors (Lipinski definition) is 2. The van der Waals surface area contributed by atoms with E-state index in [4.69, 9.17) is 4.74 Å². The summed E-state index contributed by atoms with van der Waals surface area (Å²) >= 11 is 0. The molecule has 5 nitrogen and oxygen atoms in total. The zero-order valence-electron chi connectivity index (χ0n) is 11.4. The van der Waals surface area contributed by atoms with Gasteiger partial charge in [0, 0.05) is 25.7 Å². The van der Waals surface area contributed by atoms with E-state index in [1.165, 1.54) is 0 Å². The van der Waals surface area contributed by atoms with Crippen LogP contribution in [0.1, 0.15) is 34.1 Å². The molecule has 0 saturated carbocycles. The molecule has 0 heterocycles. The Morgan fingerprint density at radius 2 is 1.88 bits per heavy atom. The molecular weight excluding hydrogens is 220 g/mol. The van der Waals surface area contributed by atoms with Crippen LogP contribution in [0.25, 0.3) is 0 Å². The summed E-state index contributed by atoms with van der Waals surface area (Å²) in [6, 6.07) is -0.510. The Labute approximate surface area is 103 Å². The minimum absolute atomic E-state index is 0.128. The van der Waals surface area contributed by atoms with Gasteiger partial charge < -0.3 is 15.4 Å². The Balaban J connectivity index is 3.94. The van der Waals surface area contributed by atoms with Crippen molar-refractivity contribution in [2.45, 2.75) is 40.2 Å². The summed E-state index contributed by atoms with van der Waals surface area (Å²) in [4.78, 5) is 23.2. The first-order valence-corrected chi connectivity index (χ1v) is 5.86. The van der Waals surface area contributed by atoms with Gasteiger partial charge in [0.1, 0.15) is 6.04 Å². The molecule has 0 aliphatic rings. The molecule has 2 N–H and O–H groups in total. The molecule has 0 aromatic carbocycles. The van der Waals surface area contributed by atoms with Gasteiger partial charge in [0.25, 0.3) is 0 Å². The van der Waals surface area contributed by atoms with Crippen LogP contribution in [-0.4, -0.2) is 38.1 Å². The van der Waals surface area contributed by atoms with Crippen LogP contribution in [-0.2, 0) is 14.3 Å². The summed E-state index contributed by atoms with van der Waals surface area (Å²) in [5, 5.41) is 5.42. The summed E-state index contributed by atoms with van der Waals surface area (Å²) < 4.78 is 4.87. The van der Waals surface area contributed by atoms with Gasteiger partial charge in [-0.15, -0.1) is 0 Å². The topological polar surface area (TPSA) is 67.4 Å². The Kier molecular flexibility index (Phi) is 6.80. The SMILES string of the molecule is COCCCNC(=O)C(C)NC(=O)C(C)(C)C. The molecule has 5 heteroatoms.